The molecule has 1 fully saturated rings. The zero-order chi connectivity index (χ0) is 21.8. The molecule has 2 N–H and O–H groups in total. The average molecular weight is 435 g/mol. The predicted octanol–water partition coefficient (Wildman–Crippen LogP) is 2.14. The summed E-state index contributed by atoms with van der Waals surface area (Å²) in [5.41, 5.74) is 2.30. The van der Waals surface area contributed by atoms with Gasteiger partial charge in [-0.15, -0.1) is 0 Å². The molecule has 1 unspecified atom stereocenters. The second-order valence-electron chi connectivity index (χ2n) is 8.76. The van der Waals surface area contributed by atoms with Gasteiger partial charge in [0.25, 0.3) is 5.56 Å². The first kappa shape index (κ1) is 19.4. The van der Waals surface area contributed by atoms with Crippen LogP contribution in [-0.2, 0) is 13.0 Å². The standard InChI is InChI=1S/C24H25N3O5/c1-30-18-4-2-3-15-14(18)6-5-13-11-25-17(20(13)15)9-10-27-23(28)16-7-8-19-22(32-12-31-19)21(16)26-24(27)29/h2-4,7-8,13,17,20,25H,5-6,9-12H2,1H3,(H,26,29)/t13-,17?,20+/m0/s1. The molecule has 0 saturated carbocycles. The highest BCUT2D eigenvalue weighted by Crippen LogP contribution is 2.45. The summed E-state index contributed by atoms with van der Waals surface area (Å²) in [6.45, 7) is 1.39. The van der Waals surface area contributed by atoms with E-state index in [1.54, 1.807) is 19.2 Å². The Morgan fingerprint density at radius 1 is 1.19 bits per heavy atom. The maximum Gasteiger partial charge on any atom is 0.328 e. The number of rotatable bonds is 4. The van der Waals surface area contributed by atoms with E-state index in [9.17, 15) is 9.59 Å². The van der Waals surface area contributed by atoms with Gasteiger partial charge in [0.05, 0.1) is 12.5 Å². The fraction of sp³-hybridized carbons (Fsp3) is 0.417. The van der Waals surface area contributed by atoms with Gasteiger partial charge in [0.15, 0.2) is 11.5 Å². The monoisotopic (exact) mass is 435 g/mol. The lowest BCUT2D eigenvalue weighted by Gasteiger charge is -2.32. The fourth-order valence-electron chi connectivity index (χ4n) is 5.76. The van der Waals surface area contributed by atoms with E-state index in [1.807, 2.05) is 6.07 Å². The van der Waals surface area contributed by atoms with E-state index in [0.29, 0.717) is 47.2 Å². The molecule has 3 aliphatic rings. The molecule has 2 aliphatic heterocycles. The quantitative estimate of drug-likeness (QED) is 0.652. The van der Waals surface area contributed by atoms with Gasteiger partial charge in [0.1, 0.15) is 11.3 Å². The van der Waals surface area contributed by atoms with Crippen molar-refractivity contribution in [1.29, 1.82) is 0 Å². The van der Waals surface area contributed by atoms with Crippen LogP contribution in [0.4, 0.5) is 0 Å². The summed E-state index contributed by atoms with van der Waals surface area (Å²) in [5.74, 6) is 2.84. The molecule has 1 aliphatic carbocycles. The number of aromatic amines is 1. The van der Waals surface area contributed by atoms with E-state index >= 15 is 0 Å². The van der Waals surface area contributed by atoms with Crippen LogP contribution in [-0.4, -0.2) is 36.0 Å². The summed E-state index contributed by atoms with van der Waals surface area (Å²) in [6, 6.07) is 9.88. The van der Waals surface area contributed by atoms with Crippen molar-refractivity contribution in [3.63, 3.8) is 0 Å². The minimum atomic E-state index is -0.424. The SMILES string of the molecule is COc1cccc2c1CC[C@H]1CNC(CCn3c(=O)[nH]c4c5c(ccc4c3=O)OCO5)[C@@H]21. The highest BCUT2D eigenvalue weighted by molar-refractivity contribution is 5.86. The van der Waals surface area contributed by atoms with Gasteiger partial charge in [-0.25, -0.2) is 4.79 Å². The topological polar surface area (TPSA) is 94.6 Å². The van der Waals surface area contributed by atoms with E-state index in [1.165, 1.54) is 15.7 Å². The third kappa shape index (κ3) is 2.86. The molecule has 166 valence electrons. The van der Waals surface area contributed by atoms with Gasteiger partial charge < -0.3 is 24.5 Å². The maximum absolute atomic E-state index is 13.1. The van der Waals surface area contributed by atoms with Gasteiger partial charge >= 0.3 is 5.69 Å². The molecule has 8 heteroatoms. The van der Waals surface area contributed by atoms with Gasteiger partial charge in [-0.2, -0.15) is 0 Å². The highest BCUT2D eigenvalue weighted by Gasteiger charge is 2.40. The van der Waals surface area contributed by atoms with Crippen molar-refractivity contribution in [1.82, 2.24) is 14.9 Å². The first-order chi connectivity index (χ1) is 15.7. The lowest BCUT2D eigenvalue weighted by molar-refractivity contribution is 0.174. The van der Waals surface area contributed by atoms with Crippen molar-refractivity contribution in [2.45, 2.75) is 37.8 Å². The zero-order valence-electron chi connectivity index (χ0n) is 17.8. The smallest absolute Gasteiger partial charge is 0.328 e. The predicted molar refractivity (Wildman–Crippen MR) is 119 cm³/mol. The number of fused-ring (bicyclic) bond motifs is 6. The fourth-order valence-corrected chi connectivity index (χ4v) is 5.76. The lowest BCUT2D eigenvalue weighted by atomic mass is 9.73. The van der Waals surface area contributed by atoms with Crippen molar-refractivity contribution >= 4 is 10.9 Å². The summed E-state index contributed by atoms with van der Waals surface area (Å²) in [5, 5.41) is 4.08. The van der Waals surface area contributed by atoms with Crippen LogP contribution in [0, 0.1) is 5.92 Å². The molecule has 3 heterocycles. The lowest BCUT2D eigenvalue weighted by Crippen LogP contribution is -2.38. The van der Waals surface area contributed by atoms with E-state index < -0.39 is 5.69 Å². The Labute approximate surface area is 184 Å². The molecule has 1 aromatic heterocycles. The van der Waals surface area contributed by atoms with Crippen LogP contribution in [0.5, 0.6) is 17.2 Å². The summed E-state index contributed by atoms with van der Waals surface area (Å²) in [4.78, 5) is 28.8. The van der Waals surface area contributed by atoms with Crippen molar-refractivity contribution in [3.8, 4) is 17.2 Å². The summed E-state index contributed by atoms with van der Waals surface area (Å²) < 4.78 is 17.7. The highest BCUT2D eigenvalue weighted by atomic mass is 16.7. The Bertz CT molecular complexity index is 1330. The number of nitrogens with zero attached hydrogens (tertiary/aromatic N) is 1. The summed E-state index contributed by atoms with van der Waals surface area (Å²) >= 11 is 0. The molecule has 0 bridgehead atoms. The molecular weight excluding hydrogens is 410 g/mol. The third-order valence-electron chi connectivity index (χ3n) is 7.25. The van der Waals surface area contributed by atoms with E-state index in [4.69, 9.17) is 14.2 Å². The van der Waals surface area contributed by atoms with Gasteiger partial charge in [-0.3, -0.25) is 9.36 Å². The second-order valence-corrected chi connectivity index (χ2v) is 8.76. The number of aromatic nitrogens is 2. The Balaban J connectivity index is 1.31. The molecule has 8 nitrogen and oxygen atoms in total. The first-order valence-electron chi connectivity index (χ1n) is 11.1. The van der Waals surface area contributed by atoms with E-state index in [0.717, 1.165) is 25.1 Å². The number of methoxy groups -OCH3 is 1. The van der Waals surface area contributed by atoms with Crippen molar-refractivity contribution in [3.05, 3.63) is 62.3 Å². The Kier molecular flexibility index (Phi) is 4.50. The molecule has 6 rings (SSSR count). The van der Waals surface area contributed by atoms with Gasteiger partial charge in [-0.1, -0.05) is 12.1 Å². The number of nitrogens with one attached hydrogen (secondary N) is 2. The number of benzene rings is 2. The van der Waals surface area contributed by atoms with Crippen LogP contribution >= 0.6 is 0 Å². The summed E-state index contributed by atoms with van der Waals surface area (Å²) in [7, 11) is 1.72. The number of H-pyrrole nitrogens is 1. The normalized spacial score (nSPS) is 23.2. The number of ether oxygens (including phenoxy) is 3. The Morgan fingerprint density at radius 3 is 2.97 bits per heavy atom. The molecule has 2 aromatic carbocycles. The molecule has 0 spiro atoms. The van der Waals surface area contributed by atoms with Crippen LogP contribution in [0.25, 0.3) is 10.9 Å². The van der Waals surface area contributed by atoms with Gasteiger partial charge in [0.2, 0.25) is 6.79 Å². The molecule has 0 radical (unpaired) electrons. The minimum Gasteiger partial charge on any atom is -0.496 e. The number of hydrogen-bond donors (Lipinski definition) is 2. The summed E-state index contributed by atoms with van der Waals surface area (Å²) in [6.07, 6.45) is 2.83. The van der Waals surface area contributed by atoms with Crippen LogP contribution in [0.1, 0.15) is 29.9 Å². The molecule has 3 atom stereocenters. The van der Waals surface area contributed by atoms with Crippen LogP contribution in [0.2, 0.25) is 0 Å². The van der Waals surface area contributed by atoms with Gasteiger partial charge in [-0.05, 0) is 61.1 Å². The Hall–Kier alpha value is -3.26. The van der Waals surface area contributed by atoms with Gasteiger partial charge in [0, 0.05) is 18.5 Å². The molecule has 1 saturated heterocycles. The van der Waals surface area contributed by atoms with E-state index in [2.05, 4.69) is 22.4 Å². The maximum atomic E-state index is 13.1. The Morgan fingerprint density at radius 2 is 2.09 bits per heavy atom. The molecule has 32 heavy (non-hydrogen) atoms. The molecular formula is C24H25N3O5. The minimum absolute atomic E-state index is 0.0850. The van der Waals surface area contributed by atoms with Crippen LogP contribution < -0.4 is 30.8 Å². The zero-order valence-corrected chi connectivity index (χ0v) is 17.8. The molecule has 0 amide bonds. The second kappa shape index (κ2) is 7.41. The van der Waals surface area contributed by atoms with E-state index in [-0.39, 0.29) is 18.4 Å². The third-order valence-corrected chi connectivity index (χ3v) is 7.25. The van der Waals surface area contributed by atoms with Crippen molar-refractivity contribution < 1.29 is 14.2 Å². The number of hydrogen-bond acceptors (Lipinski definition) is 6. The van der Waals surface area contributed by atoms with Crippen molar-refractivity contribution in [2.75, 3.05) is 20.4 Å². The van der Waals surface area contributed by atoms with Crippen LogP contribution in [0.15, 0.2) is 39.9 Å². The average Bonchev–Trinajstić information content (AvgIpc) is 3.45. The first-order valence-corrected chi connectivity index (χ1v) is 11.1. The largest absolute Gasteiger partial charge is 0.496 e. The van der Waals surface area contributed by atoms with Crippen LogP contribution in [0.3, 0.4) is 0 Å². The van der Waals surface area contributed by atoms with Crippen molar-refractivity contribution in [2.24, 2.45) is 5.92 Å². The molecule has 3 aromatic rings.